The van der Waals surface area contributed by atoms with Crippen LogP contribution in [0.5, 0.6) is 5.75 Å². The number of alkyl halides is 3. The average molecular weight is 425 g/mol. The molecule has 0 aliphatic rings. The number of pyridine rings is 1. The fourth-order valence-corrected chi connectivity index (χ4v) is 3.53. The van der Waals surface area contributed by atoms with Crippen LogP contribution >= 0.6 is 0 Å². The number of hydrogen-bond acceptors (Lipinski definition) is 4. The summed E-state index contributed by atoms with van der Waals surface area (Å²) < 4.78 is 42.2. The summed E-state index contributed by atoms with van der Waals surface area (Å²) in [5.41, 5.74) is -0.944. The third-order valence-corrected chi connectivity index (χ3v) is 4.95. The molecule has 0 spiro atoms. The van der Waals surface area contributed by atoms with Crippen molar-refractivity contribution in [1.29, 1.82) is 0 Å². The molecule has 8 heteroatoms. The molecular weight excluding hydrogens is 407 g/mol. The van der Waals surface area contributed by atoms with Gasteiger partial charge in [-0.05, 0) is 37.1 Å². The van der Waals surface area contributed by atoms with Gasteiger partial charge in [0.25, 0.3) is 5.56 Å². The van der Waals surface area contributed by atoms with E-state index in [9.17, 15) is 23.1 Å². The lowest BCUT2D eigenvalue weighted by molar-refractivity contribution is -0.139. The van der Waals surface area contributed by atoms with Crippen LogP contribution in [0.3, 0.4) is 0 Å². The molecule has 0 aliphatic carbocycles. The first-order valence-corrected chi connectivity index (χ1v) is 9.57. The molecule has 0 bridgehead atoms. The van der Waals surface area contributed by atoms with Crippen LogP contribution in [0.4, 0.5) is 13.2 Å². The van der Waals surface area contributed by atoms with Crippen LogP contribution in [0, 0.1) is 6.92 Å². The molecule has 0 aliphatic heterocycles. The van der Waals surface area contributed by atoms with Gasteiger partial charge in [-0.25, -0.2) is 9.97 Å². The third kappa shape index (κ3) is 4.01. The molecule has 0 saturated heterocycles. The Bertz CT molecular complexity index is 1320. The highest BCUT2D eigenvalue weighted by Gasteiger charge is 2.37. The molecule has 158 valence electrons. The largest absolute Gasteiger partial charge is 0.507 e. The molecule has 2 aromatic heterocycles. The molecule has 4 aromatic rings. The van der Waals surface area contributed by atoms with E-state index in [0.29, 0.717) is 6.42 Å². The summed E-state index contributed by atoms with van der Waals surface area (Å²) in [5.74, 6) is -0.0192. The molecule has 5 nitrogen and oxygen atoms in total. The van der Waals surface area contributed by atoms with E-state index in [1.807, 2.05) is 30.3 Å². The summed E-state index contributed by atoms with van der Waals surface area (Å²) in [6.45, 7) is 1.50. The zero-order valence-corrected chi connectivity index (χ0v) is 16.5. The molecular formula is C23H18F3N3O2. The van der Waals surface area contributed by atoms with Crippen molar-refractivity contribution in [2.45, 2.75) is 26.1 Å². The zero-order valence-electron chi connectivity index (χ0n) is 16.5. The summed E-state index contributed by atoms with van der Waals surface area (Å²) in [6.07, 6.45) is -4.41. The van der Waals surface area contributed by atoms with Crippen LogP contribution in [-0.2, 0) is 19.1 Å². The SMILES string of the molecule is Cc1cc2nc(-c3ccccc3O)n(CCc3ccccc3)c(=O)c2c(C(F)(F)F)n1. The summed E-state index contributed by atoms with van der Waals surface area (Å²) >= 11 is 0. The van der Waals surface area contributed by atoms with Gasteiger partial charge in [-0.3, -0.25) is 9.36 Å². The molecule has 0 atom stereocenters. The lowest BCUT2D eigenvalue weighted by Gasteiger charge is -2.17. The number of phenols is 1. The average Bonchev–Trinajstić information content (AvgIpc) is 2.72. The number of aryl methyl sites for hydroxylation is 2. The van der Waals surface area contributed by atoms with Crippen molar-refractivity contribution in [2.75, 3.05) is 0 Å². The van der Waals surface area contributed by atoms with Gasteiger partial charge in [-0.15, -0.1) is 0 Å². The van der Waals surface area contributed by atoms with Gasteiger partial charge in [0.15, 0.2) is 5.69 Å². The summed E-state index contributed by atoms with van der Waals surface area (Å²) in [6, 6.07) is 16.9. The van der Waals surface area contributed by atoms with Gasteiger partial charge in [0.05, 0.1) is 16.5 Å². The lowest BCUT2D eigenvalue weighted by atomic mass is 10.1. The van der Waals surface area contributed by atoms with E-state index in [-0.39, 0.29) is 34.9 Å². The second-order valence-corrected chi connectivity index (χ2v) is 7.15. The van der Waals surface area contributed by atoms with Crippen LogP contribution in [0.25, 0.3) is 22.3 Å². The van der Waals surface area contributed by atoms with E-state index in [4.69, 9.17) is 0 Å². The van der Waals surface area contributed by atoms with Gasteiger partial charge in [-0.1, -0.05) is 42.5 Å². The van der Waals surface area contributed by atoms with Crippen LogP contribution < -0.4 is 5.56 Å². The molecule has 0 saturated carbocycles. The van der Waals surface area contributed by atoms with E-state index in [1.54, 1.807) is 18.2 Å². The highest BCUT2D eigenvalue weighted by Crippen LogP contribution is 2.33. The van der Waals surface area contributed by atoms with E-state index in [1.165, 1.54) is 23.6 Å². The van der Waals surface area contributed by atoms with E-state index < -0.39 is 22.8 Å². The monoisotopic (exact) mass is 425 g/mol. The van der Waals surface area contributed by atoms with E-state index >= 15 is 0 Å². The zero-order chi connectivity index (χ0) is 22.2. The summed E-state index contributed by atoms with van der Waals surface area (Å²) in [5, 5.41) is 9.75. The number of aromatic nitrogens is 3. The Labute approximate surface area is 175 Å². The molecule has 2 heterocycles. The molecule has 4 rings (SSSR count). The Morgan fingerprint density at radius 2 is 1.68 bits per heavy atom. The van der Waals surface area contributed by atoms with E-state index in [0.717, 1.165) is 5.56 Å². The Morgan fingerprint density at radius 3 is 2.35 bits per heavy atom. The van der Waals surface area contributed by atoms with Crippen molar-refractivity contribution in [1.82, 2.24) is 14.5 Å². The fraction of sp³-hybridized carbons (Fsp3) is 0.174. The minimum atomic E-state index is -4.81. The predicted octanol–water partition coefficient (Wildman–Crippen LogP) is 4.73. The number of rotatable bonds is 4. The van der Waals surface area contributed by atoms with Gasteiger partial charge in [0, 0.05) is 12.2 Å². The minimum Gasteiger partial charge on any atom is -0.507 e. The van der Waals surface area contributed by atoms with Crippen LogP contribution in [0.1, 0.15) is 17.0 Å². The first kappa shape index (κ1) is 20.6. The Balaban J connectivity index is 2.00. The van der Waals surface area contributed by atoms with Gasteiger partial charge in [0.2, 0.25) is 0 Å². The number of hydrogen-bond donors (Lipinski definition) is 1. The fourth-order valence-electron chi connectivity index (χ4n) is 3.53. The minimum absolute atomic E-state index is 0.0840. The second kappa shape index (κ2) is 7.86. The Hall–Kier alpha value is -3.68. The molecule has 0 unspecified atom stereocenters. The van der Waals surface area contributed by atoms with Gasteiger partial charge >= 0.3 is 6.18 Å². The van der Waals surface area contributed by atoms with Gasteiger partial charge in [-0.2, -0.15) is 13.2 Å². The summed E-state index contributed by atoms with van der Waals surface area (Å²) in [4.78, 5) is 21.3. The Kier molecular flexibility index (Phi) is 5.22. The number of fused-ring (bicyclic) bond motifs is 1. The second-order valence-electron chi connectivity index (χ2n) is 7.15. The molecule has 31 heavy (non-hydrogen) atoms. The first-order valence-electron chi connectivity index (χ1n) is 9.57. The maximum Gasteiger partial charge on any atom is 0.434 e. The predicted molar refractivity (Wildman–Crippen MR) is 111 cm³/mol. The number of aromatic hydroxyl groups is 1. The first-order chi connectivity index (χ1) is 14.8. The smallest absolute Gasteiger partial charge is 0.434 e. The number of para-hydroxylation sites is 1. The number of benzene rings is 2. The highest BCUT2D eigenvalue weighted by molar-refractivity contribution is 5.83. The third-order valence-electron chi connectivity index (χ3n) is 4.95. The molecule has 0 radical (unpaired) electrons. The van der Waals surface area contributed by atoms with Crippen LogP contribution in [-0.4, -0.2) is 19.6 Å². The van der Waals surface area contributed by atoms with Crippen LogP contribution in [0.2, 0.25) is 0 Å². The Morgan fingerprint density at radius 1 is 1.00 bits per heavy atom. The molecule has 2 aromatic carbocycles. The van der Waals surface area contributed by atoms with Crippen LogP contribution in [0.15, 0.2) is 65.5 Å². The van der Waals surface area contributed by atoms with Gasteiger partial charge in [0.1, 0.15) is 11.6 Å². The lowest BCUT2D eigenvalue weighted by Crippen LogP contribution is -2.27. The molecule has 0 fully saturated rings. The van der Waals surface area contributed by atoms with Crippen molar-refractivity contribution in [3.8, 4) is 17.1 Å². The van der Waals surface area contributed by atoms with Crippen molar-refractivity contribution < 1.29 is 18.3 Å². The quantitative estimate of drug-likeness (QED) is 0.513. The van der Waals surface area contributed by atoms with Gasteiger partial charge < -0.3 is 5.11 Å². The standard InChI is InChI=1S/C23H18F3N3O2/c1-14-13-17-19(20(27-14)23(24,25)26)22(31)29(12-11-15-7-3-2-4-8-15)21(28-17)16-9-5-6-10-18(16)30/h2-10,13,30H,11-12H2,1H3. The molecule has 0 amide bonds. The van der Waals surface area contributed by atoms with E-state index in [2.05, 4.69) is 9.97 Å². The van der Waals surface area contributed by atoms with Crippen molar-refractivity contribution in [3.63, 3.8) is 0 Å². The van der Waals surface area contributed by atoms with Crippen molar-refractivity contribution in [2.24, 2.45) is 0 Å². The highest BCUT2D eigenvalue weighted by atomic mass is 19.4. The maximum absolute atomic E-state index is 13.7. The van der Waals surface area contributed by atoms with Crippen molar-refractivity contribution >= 4 is 10.9 Å². The normalized spacial score (nSPS) is 11.7. The number of phenolic OH excluding ortho intramolecular Hbond substituents is 1. The molecule has 1 N–H and O–H groups in total. The van der Waals surface area contributed by atoms with Crippen molar-refractivity contribution in [3.05, 3.63) is 88.0 Å². The topological polar surface area (TPSA) is 68.0 Å². The maximum atomic E-state index is 13.7. The number of halogens is 3. The number of nitrogens with zero attached hydrogens (tertiary/aromatic N) is 3. The summed E-state index contributed by atoms with van der Waals surface area (Å²) in [7, 11) is 0.